The molecule has 1 aromatic rings. The lowest BCUT2D eigenvalue weighted by molar-refractivity contribution is -0.0798. The van der Waals surface area contributed by atoms with Gasteiger partial charge in [-0.05, 0) is 56.3 Å². The lowest BCUT2D eigenvalue weighted by Crippen LogP contribution is -2.45. The van der Waals surface area contributed by atoms with Gasteiger partial charge in [0.25, 0.3) is 0 Å². The minimum absolute atomic E-state index is 0.234. The Morgan fingerprint density at radius 1 is 1.43 bits per heavy atom. The van der Waals surface area contributed by atoms with Crippen LogP contribution < -0.4 is 5.32 Å². The van der Waals surface area contributed by atoms with Crippen LogP contribution in [0.3, 0.4) is 0 Å². The first-order chi connectivity index (χ1) is 10.2. The molecule has 1 fully saturated rings. The maximum Gasteiger partial charge on any atom is 0.0968 e. The predicted octanol–water partition coefficient (Wildman–Crippen LogP) is 3.34. The van der Waals surface area contributed by atoms with Crippen LogP contribution in [0, 0.1) is 5.92 Å². The van der Waals surface area contributed by atoms with Gasteiger partial charge in [0.1, 0.15) is 0 Å². The third kappa shape index (κ3) is 3.98. The smallest absolute Gasteiger partial charge is 0.0968 e. The van der Waals surface area contributed by atoms with Gasteiger partial charge in [0.05, 0.1) is 5.60 Å². The molecule has 1 heterocycles. The number of aliphatic hydroxyl groups excluding tert-OH is 1. The normalized spacial score (nSPS) is 22.0. The van der Waals surface area contributed by atoms with E-state index in [1.54, 1.807) is 7.11 Å². The van der Waals surface area contributed by atoms with Crippen molar-refractivity contribution < 1.29 is 9.84 Å². The standard InChI is InChI=1S/C17H26ClNO2/c1-21-17(9-2-3-11-20,15-7-5-10-19-13-15)14-6-4-8-16(18)12-14/h4,6,8,12,15,19-20H,2-3,5,7,9-11,13H2,1H3/t15-,17-/m1/s1. The van der Waals surface area contributed by atoms with Crippen molar-refractivity contribution in [1.29, 1.82) is 0 Å². The van der Waals surface area contributed by atoms with Crippen LogP contribution in [0.5, 0.6) is 0 Å². The van der Waals surface area contributed by atoms with E-state index >= 15 is 0 Å². The maximum absolute atomic E-state index is 9.09. The summed E-state index contributed by atoms with van der Waals surface area (Å²) in [5.74, 6) is 0.438. The Labute approximate surface area is 132 Å². The Bertz CT molecular complexity index is 435. The summed E-state index contributed by atoms with van der Waals surface area (Å²) in [7, 11) is 1.80. The van der Waals surface area contributed by atoms with Crippen LogP contribution in [0.1, 0.15) is 37.7 Å². The Morgan fingerprint density at radius 2 is 2.29 bits per heavy atom. The van der Waals surface area contributed by atoms with Crippen molar-refractivity contribution in [3.05, 3.63) is 34.9 Å². The number of rotatable bonds is 7. The largest absolute Gasteiger partial charge is 0.396 e. The predicted molar refractivity (Wildman–Crippen MR) is 86.7 cm³/mol. The maximum atomic E-state index is 9.09. The van der Waals surface area contributed by atoms with E-state index < -0.39 is 0 Å². The molecule has 0 amide bonds. The van der Waals surface area contributed by atoms with Crippen LogP contribution in [0.2, 0.25) is 5.02 Å². The summed E-state index contributed by atoms with van der Waals surface area (Å²) in [6, 6.07) is 8.04. The number of piperidine rings is 1. The molecule has 3 nitrogen and oxygen atoms in total. The molecule has 2 rings (SSSR count). The van der Waals surface area contributed by atoms with Crippen LogP contribution >= 0.6 is 11.6 Å². The number of benzene rings is 1. The minimum Gasteiger partial charge on any atom is -0.396 e. The summed E-state index contributed by atoms with van der Waals surface area (Å²) < 4.78 is 6.08. The van der Waals surface area contributed by atoms with E-state index in [4.69, 9.17) is 21.4 Å². The van der Waals surface area contributed by atoms with E-state index in [1.165, 1.54) is 6.42 Å². The molecule has 118 valence electrons. The molecule has 1 saturated heterocycles. The van der Waals surface area contributed by atoms with Gasteiger partial charge in [-0.25, -0.2) is 0 Å². The van der Waals surface area contributed by atoms with Crippen LogP contribution in [-0.2, 0) is 10.3 Å². The molecule has 0 saturated carbocycles. The van der Waals surface area contributed by atoms with Crippen molar-refractivity contribution in [1.82, 2.24) is 5.32 Å². The van der Waals surface area contributed by atoms with Gasteiger partial charge < -0.3 is 15.2 Å². The van der Waals surface area contributed by atoms with Crippen molar-refractivity contribution in [3.8, 4) is 0 Å². The zero-order chi connectivity index (χ0) is 15.1. The quantitative estimate of drug-likeness (QED) is 0.759. The van der Waals surface area contributed by atoms with Gasteiger partial charge in [-0.15, -0.1) is 0 Å². The number of ether oxygens (including phenoxy) is 1. The second-order valence-electron chi connectivity index (χ2n) is 5.83. The van der Waals surface area contributed by atoms with Gasteiger partial charge in [0.15, 0.2) is 0 Å². The summed E-state index contributed by atoms with van der Waals surface area (Å²) in [6.45, 7) is 2.29. The molecule has 0 bridgehead atoms. The molecule has 0 spiro atoms. The lowest BCUT2D eigenvalue weighted by atomic mass is 9.74. The van der Waals surface area contributed by atoms with Crippen LogP contribution in [0.15, 0.2) is 24.3 Å². The Morgan fingerprint density at radius 3 is 2.90 bits per heavy atom. The summed E-state index contributed by atoms with van der Waals surface area (Å²) in [6.07, 6.45) is 5.01. The third-order valence-corrected chi connectivity index (χ3v) is 4.83. The molecule has 0 aromatic heterocycles. The van der Waals surface area contributed by atoms with E-state index in [0.717, 1.165) is 49.4 Å². The summed E-state index contributed by atoms with van der Waals surface area (Å²) in [4.78, 5) is 0. The van der Waals surface area contributed by atoms with E-state index in [-0.39, 0.29) is 12.2 Å². The van der Waals surface area contributed by atoms with Crippen LogP contribution in [0.25, 0.3) is 0 Å². The van der Waals surface area contributed by atoms with E-state index in [2.05, 4.69) is 11.4 Å². The molecule has 21 heavy (non-hydrogen) atoms. The SMILES string of the molecule is CO[C@](CCCCO)(c1cccc(Cl)c1)[C@@H]1CCCNC1. The average molecular weight is 312 g/mol. The third-order valence-electron chi connectivity index (χ3n) is 4.59. The minimum atomic E-state index is -0.312. The fraction of sp³-hybridized carbons (Fsp3) is 0.647. The summed E-state index contributed by atoms with van der Waals surface area (Å²) in [5.41, 5.74) is 0.845. The Hall–Kier alpha value is -0.610. The van der Waals surface area contributed by atoms with E-state index in [0.29, 0.717) is 5.92 Å². The molecule has 0 aliphatic carbocycles. The van der Waals surface area contributed by atoms with Gasteiger partial charge in [-0.3, -0.25) is 0 Å². The Kier molecular flexibility index (Phi) is 6.49. The fourth-order valence-electron chi connectivity index (χ4n) is 3.47. The van der Waals surface area contributed by atoms with E-state index in [9.17, 15) is 0 Å². The molecule has 2 N–H and O–H groups in total. The number of unbranched alkanes of at least 4 members (excludes halogenated alkanes) is 1. The number of nitrogens with one attached hydrogen (secondary N) is 1. The van der Waals surface area contributed by atoms with Gasteiger partial charge in [0, 0.05) is 31.2 Å². The zero-order valence-corrected chi connectivity index (χ0v) is 13.5. The van der Waals surface area contributed by atoms with Gasteiger partial charge in [0.2, 0.25) is 0 Å². The monoisotopic (exact) mass is 311 g/mol. The second-order valence-corrected chi connectivity index (χ2v) is 6.26. The molecule has 1 aliphatic rings. The Balaban J connectivity index is 2.30. The van der Waals surface area contributed by atoms with Crippen molar-refractivity contribution in [2.75, 3.05) is 26.8 Å². The van der Waals surface area contributed by atoms with Crippen molar-refractivity contribution in [3.63, 3.8) is 0 Å². The highest BCUT2D eigenvalue weighted by molar-refractivity contribution is 6.30. The highest BCUT2D eigenvalue weighted by Crippen LogP contribution is 2.41. The highest BCUT2D eigenvalue weighted by Gasteiger charge is 2.40. The van der Waals surface area contributed by atoms with Crippen molar-refractivity contribution in [2.45, 2.75) is 37.7 Å². The molecular formula is C17H26ClNO2. The van der Waals surface area contributed by atoms with Gasteiger partial charge in [-0.2, -0.15) is 0 Å². The highest BCUT2D eigenvalue weighted by atomic mass is 35.5. The number of hydrogen-bond donors (Lipinski definition) is 2. The number of aliphatic hydroxyl groups is 1. The second kappa shape index (κ2) is 8.14. The first-order valence-corrected chi connectivity index (χ1v) is 8.23. The molecule has 1 aliphatic heterocycles. The summed E-state index contributed by atoms with van der Waals surface area (Å²) >= 11 is 6.20. The number of hydrogen-bond acceptors (Lipinski definition) is 3. The molecule has 0 radical (unpaired) electrons. The van der Waals surface area contributed by atoms with Crippen LogP contribution in [-0.4, -0.2) is 31.9 Å². The van der Waals surface area contributed by atoms with E-state index in [1.807, 2.05) is 18.2 Å². The van der Waals surface area contributed by atoms with Crippen LogP contribution in [0.4, 0.5) is 0 Å². The molecule has 4 heteroatoms. The zero-order valence-electron chi connectivity index (χ0n) is 12.8. The lowest BCUT2D eigenvalue weighted by Gasteiger charge is -2.42. The topological polar surface area (TPSA) is 41.5 Å². The molecule has 1 aromatic carbocycles. The number of methoxy groups -OCH3 is 1. The first kappa shape index (κ1) is 16.8. The molecular weight excluding hydrogens is 286 g/mol. The van der Waals surface area contributed by atoms with Gasteiger partial charge in [-0.1, -0.05) is 23.7 Å². The van der Waals surface area contributed by atoms with Gasteiger partial charge >= 0.3 is 0 Å². The number of halogens is 1. The first-order valence-electron chi connectivity index (χ1n) is 7.85. The fourth-order valence-corrected chi connectivity index (χ4v) is 3.66. The summed E-state index contributed by atoms with van der Waals surface area (Å²) in [5, 5.41) is 13.3. The molecule has 2 atom stereocenters. The van der Waals surface area contributed by atoms with Crippen molar-refractivity contribution in [2.24, 2.45) is 5.92 Å². The average Bonchev–Trinajstić information content (AvgIpc) is 2.53. The molecule has 0 unspecified atom stereocenters. The van der Waals surface area contributed by atoms with Crippen molar-refractivity contribution >= 4 is 11.6 Å².